The summed E-state index contributed by atoms with van der Waals surface area (Å²) < 4.78 is 0. The number of nitriles is 1. The first-order valence-corrected chi connectivity index (χ1v) is 8.74. The quantitative estimate of drug-likeness (QED) is 0.928. The van der Waals surface area contributed by atoms with Gasteiger partial charge in [0.25, 0.3) is 11.8 Å². The zero-order valence-electron chi connectivity index (χ0n) is 14.7. The molecule has 3 rings (SSSR count). The summed E-state index contributed by atoms with van der Waals surface area (Å²) in [5, 5.41) is 12.0. The number of aryl methyl sites for hydroxylation is 1. The van der Waals surface area contributed by atoms with Crippen LogP contribution in [-0.2, 0) is 0 Å². The van der Waals surface area contributed by atoms with Crippen molar-refractivity contribution in [2.45, 2.75) is 25.8 Å². The number of nitrogens with zero attached hydrogens (tertiary/aromatic N) is 2. The highest BCUT2D eigenvalue weighted by Gasteiger charge is 2.25. The molecule has 0 saturated carbocycles. The number of likely N-dealkylation sites (tertiary alicyclic amines) is 1. The van der Waals surface area contributed by atoms with Crippen LogP contribution in [0.2, 0.25) is 0 Å². The molecule has 26 heavy (non-hydrogen) atoms. The first kappa shape index (κ1) is 17.7. The molecule has 0 aliphatic carbocycles. The standard InChI is InChI=1S/C21H21N3O2/c1-15-5-2-3-8-19(15)20(25)23-18-9-11-24(12-10-18)21(26)17-7-4-6-16(13-17)14-22/h2-8,13,18H,9-12H2,1H3,(H,23,25). The third kappa shape index (κ3) is 3.92. The molecule has 2 aromatic rings. The van der Waals surface area contributed by atoms with E-state index in [1.807, 2.05) is 31.2 Å². The van der Waals surface area contributed by atoms with Crippen molar-refractivity contribution in [2.24, 2.45) is 0 Å². The molecule has 1 aliphatic heterocycles. The number of hydrogen-bond donors (Lipinski definition) is 1. The summed E-state index contributed by atoms with van der Waals surface area (Å²) in [6, 6.07) is 16.4. The summed E-state index contributed by atoms with van der Waals surface area (Å²) in [5.41, 5.74) is 2.66. The van der Waals surface area contributed by atoms with Gasteiger partial charge in [-0.25, -0.2) is 0 Å². The lowest BCUT2D eigenvalue weighted by Gasteiger charge is -2.32. The van der Waals surface area contributed by atoms with E-state index >= 15 is 0 Å². The average molecular weight is 347 g/mol. The molecule has 5 heteroatoms. The third-order valence-electron chi connectivity index (χ3n) is 4.75. The van der Waals surface area contributed by atoms with Crippen molar-refractivity contribution in [3.8, 4) is 6.07 Å². The third-order valence-corrected chi connectivity index (χ3v) is 4.75. The molecular formula is C21H21N3O2. The normalized spacial score (nSPS) is 14.5. The van der Waals surface area contributed by atoms with Gasteiger partial charge in [0.05, 0.1) is 11.6 Å². The molecule has 0 unspecified atom stereocenters. The van der Waals surface area contributed by atoms with Crippen LogP contribution in [-0.4, -0.2) is 35.8 Å². The highest BCUT2D eigenvalue weighted by molar-refractivity contribution is 5.96. The fourth-order valence-corrected chi connectivity index (χ4v) is 3.22. The van der Waals surface area contributed by atoms with Gasteiger partial charge < -0.3 is 10.2 Å². The second-order valence-electron chi connectivity index (χ2n) is 6.55. The maximum Gasteiger partial charge on any atom is 0.253 e. The van der Waals surface area contributed by atoms with Crippen molar-refractivity contribution in [3.63, 3.8) is 0 Å². The SMILES string of the molecule is Cc1ccccc1C(=O)NC1CCN(C(=O)c2cccc(C#N)c2)CC1. The Hall–Kier alpha value is -3.13. The van der Waals surface area contributed by atoms with E-state index in [9.17, 15) is 9.59 Å². The van der Waals surface area contributed by atoms with E-state index < -0.39 is 0 Å². The summed E-state index contributed by atoms with van der Waals surface area (Å²) in [6.07, 6.45) is 1.45. The lowest BCUT2D eigenvalue weighted by Crippen LogP contribution is -2.46. The van der Waals surface area contributed by atoms with Gasteiger partial charge in [0.1, 0.15) is 0 Å². The predicted molar refractivity (Wildman–Crippen MR) is 98.7 cm³/mol. The van der Waals surface area contributed by atoms with E-state index in [0.717, 1.165) is 18.4 Å². The van der Waals surface area contributed by atoms with Gasteiger partial charge >= 0.3 is 0 Å². The summed E-state index contributed by atoms with van der Waals surface area (Å²) in [6.45, 7) is 3.11. The highest BCUT2D eigenvalue weighted by atomic mass is 16.2. The van der Waals surface area contributed by atoms with Crippen LogP contribution in [0, 0.1) is 18.3 Å². The Morgan fingerprint density at radius 3 is 2.54 bits per heavy atom. The fourth-order valence-electron chi connectivity index (χ4n) is 3.22. The molecular weight excluding hydrogens is 326 g/mol. The van der Waals surface area contributed by atoms with Gasteiger partial charge in [-0.2, -0.15) is 5.26 Å². The minimum atomic E-state index is -0.0641. The smallest absolute Gasteiger partial charge is 0.253 e. The van der Waals surface area contributed by atoms with E-state index in [0.29, 0.717) is 29.8 Å². The second kappa shape index (κ2) is 7.83. The zero-order valence-corrected chi connectivity index (χ0v) is 14.7. The molecule has 2 aromatic carbocycles. The van der Waals surface area contributed by atoms with Crippen LogP contribution < -0.4 is 5.32 Å². The predicted octanol–water partition coefficient (Wildman–Crippen LogP) is 2.90. The van der Waals surface area contributed by atoms with Gasteiger partial charge in [-0.05, 0) is 49.6 Å². The molecule has 132 valence electrons. The lowest BCUT2D eigenvalue weighted by atomic mass is 10.0. The van der Waals surface area contributed by atoms with Gasteiger partial charge in [-0.1, -0.05) is 24.3 Å². The monoisotopic (exact) mass is 347 g/mol. The van der Waals surface area contributed by atoms with Gasteiger partial charge in [-0.3, -0.25) is 9.59 Å². The Balaban J connectivity index is 1.57. The Bertz CT molecular complexity index is 862. The van der Waals surface area contributed by atoms with Crippen molar-refractivity contribution in [2.75, 3.05) is 13.1 Å². The largest absolute Gasteiger partial charge is 0.349 e. The van der Waals surface area contributed by atoms with Crippen LogP contribution in [0.25, 0.3) is 0 Å². The van der Waals surface area contributed by atoms with Gasteiger partial charge in [0.15, 0.2) is 0 Å². The number of nitrogens with one attached hydrogen (secondary N) is 1. The van der Waals surface area contributed by atoms with Gasteiger partial charge in [-0.15, -0.1) is 0 Å². The molecule has 0 radical (unpaired) electrons. The van der Waals surface area contributed by atoms with E-state index in [1.54, 1.807) is 29.2 Å². The number of carbonyl (C=O) groups is 2. The van der Waals surface area contributed by atoms with Gasteiger partial charge in [0.2, 0.25) is 0 Å². The summed E-state index contributed by atoms with van der Waals surface area (Å²) in [5.74, 6) is -0.125. The van der Waals surface area contributed by atoms with E-state index in [1.165, 1.54) is 0 Å². The minimum Gasteiger partial charge on any atom is -0.349 e. The van der Waals surface area contributed by atoms with Crippen molar-refractivity contribution in [3.05, 3.63) is 70.8 Å². The van der Waals surface area contributed by atoms with Crippen molar-refractivity contribution in [1.29, 1.82) is 5.26 Å². The molecule has 0 spiro atoms. The van der Waals surface area contributed by atoms with Crippen molar-refractivity contribution in [1.82, 2.24) is 10.2 Å². The van der Waals surface area contributed by atoms with Crippen LogP contribution >= 0.6 is 0 Å². The van der Waals surface area contributed by atoms with Crippen LogP contribution in [0.4, 0.5) is 0 Å². The van der Waals surface area contributed by atoms with Crippen LogP contribution in [0.15, 0.2) is 48.5 Å². The Morgan fingerprint density at radius 1 is 1.12 bits per heavy atom. The van der Waals surface area contributed by atoms with Gasteiger partial charge in [0, 0.05) is 30.3 Å². The molecule has 1 N–H and O–H groups in total. The molecule has 5 nitrogen and oxygen atoms in total. The fraction of sp³-hybridized carbons (Fsp3) is 0.286. The summed E-state index contributed by atoms with van der Waals surface area (Å²) in [7, 11) is 0. The molecule has 0 bridgehead atoms. The number of amides is 2. The number of rotatable bonds is 3. The number of benzene rings is 2. The van der Waals surface area contributed by atoms with Crippen LogP contribution in [0.1, 0.15) is 44.7 Å². The zero-order chi connectivity index (χ0) is 18.5. The maximum atomic E-state index is 12.6. The van der Waals surface area contributed by atoms with Crippen molar-refractivity contribution < 1.29 is 9.59 Å². The van der Waals surface area contributed by atoms with Crippen molar-refractivity contribution >= 4 is 11.8 Å². The molecule has 1 heterocycles. The van der Waals surface area contributed by atoms with E-state index in [-0.39, 0.29) is 17.9 Å². The highest BCUT2D eigenvalue weighted by Crippen LogP contribution is 2.16. The molecule has 1 saturated heterocycles. The molecule has 2 amide bonds. The Morgan fingerprint density at radius 2 is 1.85 bits per heavy atom. The van der Waals surface area contributed by atoms with E-state index in [2.05, 4.69) is 11.4 Å². The number of carbonyl (C=O) groups excluding carboxylic acids is 2. The van der Waals surface area contributed by atoms with Crippen LogP contribution in [0.5, 0.6) is 0 Å². The molecule has 0 atom stereocenters. The minimum absolute atomic E-state index is 0.0606. The molecule has 0 aromatic heterocycles. The molecule has 1 fully saturated rings. The van der Waals surface area contributed by atoms with E-state index in [4.69, 9.17) is 5.26 Å². The number of hydrogen-bond acceptors (Lipinski definition) is 3. The average Bonchev–Trinajstić information content (AvgIpc) is 2.68. The molecule has 1 aliphatic rings. The lowest BCUT2D eigenvalue weighted by molar-refractivity contribution is 0.0698. The maximum absolute atomic E-state index is 12.6. The van der Waals surface area contributed by atoms with Crippen LogP contribution in [0.3, 0.4) is 0 Å². The Kier molecular flexibility index (Phi) is 5.33. The summed E-state index contributed by atoms with van der Waals surface area (Å²) >= 11 is 0. The first-order chi connectivity index (χ1) is 12.6. The topological polar surface area (TPSA) is 73.2 Å². The summed E-state index contributed by atoms with van der Waals surface area (Å²) in [4.78, 5) is 26.8. The second-order valence-corrected chi connectivity index (χ2v) is 6.55. The first-order valence-electron chi connectivity index (χ1n) is 8.74. The Labute approximate surface area is 153 Å². The number of piperidine rings is 1.